The number of H-pyrrole nitrogens is 1. The van der Waals surface area contributed by atoms with Crippen LogP contribution in [-0.2, 0) is 0 Å². The summed E-state index contributed by atoms with van der Waals surface area (Å²) in [6.45, 7) is 2.26. The molecule has 1 fully saturated rings. The molecule has 0 aliphatic carbocycles. The summed E-state index contributed by atoms with van der Waals surface area (Å²) >= 11 is 0. The smallest absolute Gasteiger partial charge is 0.158 e. The fourth-order valence-corrected chi connectivity index (χ4v) is 3.63. The summed E-state index contributed by atoms with van der Waals surface area (Å²) in [5.41, 5.74) is 3.40. The predicted molar refractivity (Wildman–Crippen MR) is 117 cm³/mol. The van der Waals surface area contributed by atoms with Crippen LogP contribution < -0.4 is 10.1 Å². The van der Waals surface area contributed by atoms with Gasteiger partial charge in [0.15, 0.2) is 11.5 Å². The van der Waals surface area contributed by atoms with Crippen molar-refractivity contribution in [2.24, 2.45) is 0 Å². The highest BCUT2D eigenvalue weighted by Crippen LogP contribution is 2.35. The van der Waals surface area contributed by atoms with Crippen LogP contribution in [0.1, 0.15) is 30.0 Å². The number of benzene rings is 1. The maximum atomic E-state index is 8.81. The van der Waals surface area contributed by atoms with E-state index in [-0.39, 0.29) is 18.1 Å². The lowest BCUT2D eigenvalue weighted by Crippen LogP contribution is -2.29. The fraction of sp³-hybridized carbons (Fsp3) is 0.333. The molecule has 156 valence electrons. The number of nitriles is 1. The summed E-state index contributed by atoms with van der Waals surface area (Å²) < 4.78 is 5.67. The summed E-state index contributed by atoms with van der Waals surface area (Å²) in [6, 6.07) is 10.3. The molecule has 0 atom stereocenters. The Hall–Kier alpha value is -3.15. The molecule has 8 nitrogen and oxygen atoms in total. The van der Waals surface area contributed by atoms with Crippen molar-refractivity contribution < 1.29 is 4.74 Å². The second-order valence-electron chi connectivity index (χ2n) is 7.23. The molecule has 0 unspecified atom stereocenters. The average molecular weight is 426 g/mol. The highest BCUT2D eigenvalue weighted by Gasteiger charge is 2.20. The number of nitrogens with zero attached hydrogens (tertiary/aromatic N) is 5. The van der Waals surface area contributed by atoms with Crippen molar-refractivity contribution in [3.63, 3.8) is 0 Å². The standard InChI is InChI=1S/C21H23N7O.ClH/c1-28-7-5-14(6-8-28)15-3-4-17(19(9-15)29-2)18-10-20(27-26-18)25-21-13-23-16(11-22)12-24-21;/h3-4,9-10,12-14H,5-8H2,1-2H3,(H2,24,25,26,27);1H. The van der Waals surface area contributed by atoms with E-state index < -0.39 is 0 Å². The first-order valence-corrected chi connectivity index (χ1v) is 9.57. The Morgan fingerprint density at radius 3 is 2.63 bits per heavy atom. The van der Waals surface area contributed by atoms with Crippen LogP contribution in [0.15, 0.2) is 36.7 Å². The molecule has 0 spiro atoms. The maximum Gasteiger partial charge on any atom is 0.158 e. The van der Waals surface area contributed by atoms with Crippen molar-refractivity contribution in [3.8, 4) is 23.1 Å². The lowest BCUT2D eigenvalue weighted by molar-refractivity contribution is 0.255. The number of piperidine rings is 1. The summed E-state index contributed by atoms with van der Waals surface area (Å²) in [5.74, 6) is 2.53. The minimum atomic E-state index is 0. The number of likely N-dealkylation sites (tertiary alicyclic amines) is 1. The fourth-order valence-electron chi connectivity index (χ4n) is 3.63. The third-order valence-electron chi connectivity index (χ3n) is 5.31. The zero-order chi connectivity index (χ0) is 20.2. The summed E-state index contributed by atoms with van der Waals surface area (Å²) in [4.78, 5) is 10.5. The van der Waals surface area contributed by atoms with Crippen molar-refractivity contribution in [2.45, 2.75) is 18.8 Å². The summed E-state index contributed by atoms with van der Waals surface area (Å²) in [5, 5.41) is 19.2. The topological polar surface area (TPSA) is 103 Å². The van der Waals surface area contributed by atoms with Gasteiger partial charge in [0.25, 0.3) is 0 Å². The van der Waals surface area contributed by atoms with Gasteiger partial charge in [-0.2, -0.15) is 10.4 Å². The predicted octanol–water partition coefficient (Wildman–Crippen LogP) is 3.72. The van der Waals surface area contributed by atoms with Gasteiger partial charge < -0.3 is 15.0 Å². The number of ether oxygens (including phenoxy) is 1. The van der Waals surface area contributed by atoms with Gasteiger partial charge in [0.05, 0.1) is 25.2 Å². The molecule has 9 heteroatoms. The van der Waals surface area contributed by atoms with Crippen LogP contribution in [0, 0.1) is 11.3 Å². The molecule has 2 N–H and O–H groups in total. The summed E-state index contributed by atoms with van der Waals surface area (Å²) in [6.07, 6.45) is 5.26. The number of aromatic nitrogens is 4. The molecule has 1 aliphatic heterocycles. The zero-order valence-corrected chi connectivity index (χ0v) is 17.7. The zero-order valence-electron chi connectivity index (χ0n) is 16.9. The number of anilines is 2. The van der Waals surface area contributed by atoms with Crippen molar-refractivity contribution in [3.05, 3.63) is 47.9 Å². The molecule has 30 heavy (non-hydrogen) atoms. The van der Waals surface area contributed by atoms with Crippen molar-refractivity contribution >= 4 is 24.0 Å². The second kappa shape index (κ2) is 9.57. The Labute approximate surface area is 181 Å². The molecule has 3 aromatic rings. The molecule has 2 aromatic heterocycles. The monoisotopic (exact) mass is 425 g/mol. The van der Waals surface area contributed by atoms with E-state index in [0.717, 1.165) is 30.1 Å². The molecule has 0 saturated carbocycles. The molecular formula is C21H24ClN7O. The molecule has 0 amide bonds. The van der Waals surface area contributed by atoms with Gasteiger partial charge in [-0.1, -0.05) is 6.07 Å². The van der Waals surface area contributed by atoms with E-state index in [9.17, 15) is 0 Å². The Kier molecular flexibility index (Phi) is 6.87. The van der Waals surface area contributed by atoms with Crippen LogP contribution >= 0.6 is 12.4 Å². The SMILES string of the molecule is COc1cc(C2CCN(C)CC2)ccc1-c1cc(Nc2cnc(C#N)cn2)n[nH]1.Cl. The van der Waals surface area contributed by atoms with E-state index in [4.69, 9.17) is 10.00 Å². The van der Waals surface area contributed by atoms with Crippen molar-refractivity contribution in [1.29, 1.82) is 5.26 Å². The lowest BCUT2D eigenvalue weighted by atomic mass is 9.88. The average Bonchev–Trinajstić information content (AvgIpc) is 3.22. The van der Waals surface area contributed by atoms with Crippen LogP contribution in [0.4, 0.5) is 11.6 Å². The number of hydrogen-bond acceptors (Lipinski definition) is 7. The van der Waals surface area contributed by atoms with Crippen molar-refractivity contribution in [2.75, 3.05) is 32.6 Å². The van der Waals surface area contributed by atoms with Crippen LogP contribution in [0.2, 0.25) is 0 Å². The number of hydrogen-bond donors (Lipinski definition) is 2. The number of nitrogens with one attached hydrogen (secondary N) is 2. The normalized spacial score (nSPS) is 14.6. The lowest BCUT2D eigenvalue weighted by Gasteiger charge is -2.29. The van der Waals surface area contributed by atoms with Gasteiger partial charge in [-0.15, -0.1) is 12.4 Å². The van der Waals surface area contributed by atoms with E-state index in [1.54, 1.807) is 7.11 Å². The van der Waals surface area contributed by atoms with E-state index in [0.29, 0.717) is 17.6 Å². The van der Waals surface area contributed by atoms with Crippen LogP contribution in [-0.4, -0.2) is 52.3 Å². The highest BCUT2D eigenvalue weighted by molar-refractivity contribution is 5.85. The maximum absolute atomic E-state index is 8.81. The third-order valence-corrected chi connectivity index (χ3v) is 5.31. The third kappa shape index (κ3) is 4.70. The molecule has 1 aromatic carbocycles. The van der Waals surface area contributed by atoms with E-state index in [1.165, 1.54) is 30.8 Å². The first-order chi connectivity index (χ1) is 14.2. The molecule has 4 rings (SSSR count). The van der Waals surface area contributed by atoms with E-state index in [1.807, 2.05) is 12.1 Å². The van der Waals surface area contributed by atoms with Crippen LogP contribution in [0.25, 0.3) is 11.3 Å². The Bertz CT molecular complexity index is 1020. The molecular weight excluding hydrogens is 402 g/mol. The van der Waals surface area contributed by atoms with Crippen LogP contribution in [0.5, 0.6) is 5.75 Å². The van der Waals surface area contributed by atoms with Gasteiger partial charge in [0.2, 0.25) is 0 Å². The minimum Gasteiger partial charge on any atom is -0.496 e. The van der Waals surface area contributed by atoms with Gasteiger partial charge in [0.1, 0.15) is 17.6 Å². The Morgan fingerprint density at radius 2 is 1.97 bits per heavy atom. The second-order valence-corrected chi connectivity index (χ2v) is 7.23. The number of aromatic amines is 1. The van der Waals surface area contributed by atoms with E-state index in [2.05, 4.69) is 55.6 Å². The Morgan fingerprint density at radius 1 is 1.17 bits per heavy atom. The number of methoxy groups -OCH3 is 1. The van der Waals surface area contributed by atoms with Gasteiger partial charge in [-0.25, -0.2) is 9.97 Å². The molecule has 0 radical (unpaired) electrons. The van der Waals surface area contributed by atoms with Gasteiger partial charge >= 0.3 is 0 Å². The van der Waals surface area contributed by atoms with Gasteiger partial charge in [0, 0.05) is 11.6 Å². The van der Waals surface area contributed by atoms with Crippen molar-refractivity contribution in [1.82, 2.24) is 25.1 Å². The van der Waals surface area contributed by atoms with Gasteiger partial charge in [-0.3, -0.25) is 5.10 Å². The molecule has 3 heterocycles. The minimum absolute atomic E-state index is 0. The molecule has 1 saturated heterocycles. The van der Waals surface area contributed by atoms with Gasteiger partial charge in [-0.05, 0) is 56.6 Å². The Balaban J connectivity index is 0.00000256. The summed E-state index contributed by atoms with van der Waals surface area (Å²) in [7, 11) is 3.87. The van der Waals surface area contributed by atoms with E-state index >= 15 is 0 Å². The first kappa shape index (κ1) is 21.6. The quantitative estimate of drug-likeness (QED) is 0.642. The molecule has 0 bridgehead atoms. The first-order valence-electron chi connectivity index (χ1n) is 9.57. The number of rotatable bonds is 5. The van der Waals surface area contributed by atoms with Crippen LogP contribution in [0.3, 0.4) is 0 Å². The highest BCUT2D eigenvalue weighted by atomic mass is 35.5. The number of halogens is 1. The molecule has 1 aliphatic rings. The largest absolute Gasteiger partial charge is 0.496 e.